The zero-order chi connectivity index (χ0) is 23.4. The van der Waals surface area contributed by atoms with Crippen molar-refractivity contribution in [2.75, 3.05) is 16.8 Å². The smallest absolute Gasteiger partial charge is 0.270 e. The lowest BCUT2D eigenvalue weighted by molar-refractivity contribution is -0.118. The molecule has 0 atom stereocenters. The fourth-order valence-electron chi connectivity index (χ4n) is 3.11. The highest BCUT2D eigenvalue weighted by molar-refractivity contribution is 9.10. The number of nitrogens with zero attached hydrogens (tertiary/aromatic N) is 1. The molecule has 0 radical (unpaired) electrons. The van der Waals surface area contributed by atoms with Gasteiger partial charge in [0.15, 0.2) is 10.9 Å². The topological polar surface area (TPSA) is 58.6 Å². The van der Waals surface area contributed by atoms with E-state index >= 15 is 0 Å². The van der Waals surface area contributed by atoms with Crippen molar-refractivity contribution in [2.45, 2.75) is 6.92 Å². The fourth-order valence-corrected chi connectivity index (χ4v) is 4.67. The zero-order valence-corrected chi connectivity index (χ0v) is 20.8. The average Bonchev–Trinajstić information content (AvgIpc) is 3.07. The van der Waals surface area contributed by atoms with Crippen LogP contribution in [0.1, 0.15) is 11.1 Å². The maximum absolute atomic E-state index is 13.0. The van der Waals surface area contributed by atoms with Crippen LogP contribution in [0.2, 0.25) is 0 Å². The molecule has 0 saturated carbocycles. The lowest BCUT2D eigenvalue weighted by Gasteiger charge is -2.14. The number of halogens is 1. The molecule has 1 aliphatic rings. The van der Waals surface area contributed by atoms with E-state index in [1.54, 1.807) is 30.3 Å². The summed E-state index contributed by atoms with van der Waals surface area (Å²) >= 11 is 10.1. The molecule has 0 spiro atoms. The van der Waals surface area contributed by atoms with Crippen molar-refractivity contribution in [1.29, 1.82) is 0 Å². The fraction of sp³-hybridized carbons (Fsp3) is 0.0800. The predicted octanol–water partition coefficient (Wildman–Crippen LogP) is 6.18. The molecule has 0 aromatic heterocycles. The Morgan fingerprint density at radius 1 is 1.12 bits per heavy atom. The predicted molar refractivity (Wildman–Crippen MR) is 142 cm³/mol. The Labute approximate surface area is 210 Å². The molecule has 0 aliphatic carbocycles. The van der Waals surface area contributed by atoms with E-state index in [0.29, 0.717) is 20.7 Å². The van der Waals surface area contributed by atoms with E-state index in [0.717, 1.165) is 21.3 Å². The molecule has 3 aromatic carbocycles. The molecule has 33 heavy (non-hydrogen) atoms. The Kier molecular flexibility index (Phi) is 7.27. The highest BCUT2D eigenvalue weighted by atomic mass is 79.9. The average molecular weight is 539 g/mol. The molecule has 1 fully saturated rings. The Morgan fingerprint density at radius 3 is 2.58 bits per heavy atom. The van der Waals surface area contributed by atoms with Gasteiger partial charge < -0.3 is 10.1 Å². The molecule has 4 rings (SSSR count). The number of carbonyl (C=O) groups is 2. The monoisotopic (exact) mass is 538 g/mol. The van der Waals surface area contributed by atoms with Crippen molar-refractivity contribution >= 4 is 73.5 Å². The van der Waals surface area contributed by atoms with E-state index in [1.807, 2.05) is 55.5 Å². The summed E-state index contributed by atoms with van der Waals surface area (Å²) < 4.78 is 7.07. The van der Waals surface area contributed by atoms with Crippen LogP contribution in [0.25, 0.3) is 6.08 Å². The van der Waals surface area contributed by atoms with Gasteiger partial charge in [-0.2, -0.15) is 0 Å². The second-order valence-corrected chi connectivity index (χ2v) is 9.86. The molecule has 1 aliphatic heterocycles. The van der Waals surface area contributed by atoms with Crippen molar-refractivity contribution in [2.24, 2.45) is 0 Å². The van der Waals surface area contributed by atoms with Crippen molar-refractivity contribution in [3.05, 3.63) is 93.3 Å². The Morgan fingerprint density at radius 2 is 1.85 bits per heavy atom. The van der Waals surface area contributed by atoms with Gasteiger partial charge in [-0.1, -0.05) is 69.7 Å². The van der Waals surface area contributed by atoms with E-state index < -0.39 is 0 Å². The lowest BCUT2D eigenvalue weighted by atomic mass is 10.2. The molecule has 5 nitrogen and oxygen atoms in total. The summed E-state index contributed by atoms with van der Waals surface area (Å²) in [5.74, 6) is 0.111. The molecule has 166 valence electrons. The van der Waals surface area contributed by atoms with Crippen molar-refractivity contribution < 1.29 is 14.3 Å². The van der Waals surface area contributed by atoms with Gasteiger partial charge in [-0.3, -0.25) is 14.5 Å². The Balaban J connectivity index is 1.41. The van der Waals surface area contributed by atoms with E-state index in [2.05, 4.69) is 21.2 Å². The molecule has 0 unspecified atom stereocenters. The Bertz CT molecular complexity index is 1240. The number of aryl methyl sites for hydroxylation is 1. The number of hydrogen-bond donors (Lipinski definition) is 1. The number of benzene rings is 3. The number of thiocarbonyl (C=S) groups is 1. The second-order valence-electron chi connectivity index (χ2n) is 7.27. The first kappa shape index (κ1) is 23.2. The Hall–Kier alpha value is -2.94. The van der Waals surface area contributed by atoms with Gasteiger partial charge in [0, 0.05) is 10.2 Å². The summed E-state index contributed by atoms with van der Waals surface area (Å²) in [6.45, 7) is 1.86. The van der Waals surface area contributed by atoms with Crippen molar-refractivity contribution in [3.8, 4) is 5.75 Å². The first-order chi connectivity index (χ1) is 15.9. The summed E-state index contributed by atoms with van der Waals surface area (Å²) in [5.41, 5.74) is 3.34. The number of ether oxygens (including phenoxy) is 1. The number of amides is 2. The third kappa shape index (κ3) is 5.90. The van der Waals surface area contributed by atoms with Gasteiger partial charge in [0.2, 0.25) is 0 Å². The second kappa shape index (κ2) is 10.3. The third-order valence-electron chi connectivity index (χ3n) is 4.74. The summed E-state index contributed by atoms with van der Waals surface area (Å²) in [6.07, 6.45) is 1.78. The van der Waals surface area contributed by atoms with Crippen LogP contribution in [-0.2, 0) is 9.59 Å². The van der Waals surface area contributed by atoms with Gasteiger partial charge in [0.25, 0.3) is 11.8 Å². The quantitative estimate of drug-likeness (QED) is 0.300. The first-order valence-corrected chi connectivity index (χ1v) is 12.0. The number of anilines is 2. The van der Waals surface area contributed by atoms with Crippen molar-refractivity contribution in [1.82, 2.24) is 0 Å². The molecule has 8 heteroatoms. The number of thioether (sulfide) groups is 1. The number of rotatable bonds is 6. The van der Waals surface area contributed by atoms with Crippen LogP contribution < -0.4 is 15.0 Å². The van der Waals surface area contributed by atoms with Crippen LogP contribution in [-0.4, -0.2) is 22.7 Å². The minimum absolute atomic E-state index is 0.130. The molecule has 1 N–H and O–H groups in total. The number of carbonyl (C=O) groups excluding carboxylic acids is 2. The standard InChI is InChI=1S/C25H19BrN2O3S2/c1-16-5-11-20(12-6-16)28-24(30)22(33-25(28)32)14-17-3-2-4-21(13-17)31-15-23(29)27-19-9-7-18(26)8-10-19/h2-14H,15H2,1H3,(H,27,29)/b22-14-. The third-order valence-corrected chi connectivity index (χ3v) is 6.57. The minimum atomic E-state index is -0.262. The lowest BCUT2D eigenvalue weighted by Crippen LogP contribution is -2.27. The maximum Gasteiger partial charge on any atom is 0.270 e. The van der Waals surface area contributed by atoms with Crippen LogP contribution in [0.3, 0.4) is 0 Å². The van der Waals surface area contributed by atoms with Gasteiger partial charge in [-0.25, -0.2) is 0 Å². The number of nitrogens with one attached hydrogen (secondary N) is 1. The molecule has 0 bridgehead atoms. The largest absolute Gasteiger partial charge is 0.484 e. The highest BCUT2D eigenvalue weighted by Crippen LogP contribution is 2.36. The van der Waals surface area contributed by atoms with Crippen LogP contribution >= 0.6 is 39.9 Å². The van der Waals surface area contributed by atoms with Gasteiger partial charge in [-0.15, -0.1) is 0 Å². The molecular weight excluding hydrogens is 520 g/mol. The molecule has 1 heterocycles. The first-order valence-electron chi connectivity index (χ1n) is 10.0. The van der Waals surface area contributed by atoms with Gasteiger partial charge in [0.1, 0.15) is 5.75 Å². The normalized spacial score (nSPS) is 14.6. The van der Waals surface area contributed by atoms with Crippen LogP contribution in [0, 0.1) is 6.92 Å². The van der Waals surface area contributed by atoms with Crippen LogP contribution in [0.4, 0.5) is 11.4 Å². The SMILES string of the molecule is Cc1ccc(N2C(=O)/C(=C/c3cccc(OCC(=O)Nc4ccc(Br)cc4)c3)SC2=S)cc1. The van der Waals surface area contributed by atoms with Gasteiger partial charge >= 0.3 is 0 Å². The minimum Gasteiger partial charge on any atom is -0.484 e. The van der Waals surface area contributed by atoms with E-state index in [4.69, 9.17) is 17.0 Å². The maximum atomic E-state index is 13.0. The summed E-state index contributed by atoms with van der Waals surface area (Å²) in [4.78, 5) is 27.2. The molecule has 2 amide bonds. The highest BCUT2D eigenvalue weighted by Gasteiger charge is 2.33. The molecular formula is C25H19BrN2O3S2. The molecule has 3 aromatic rings. The van der Waals surface area contributed by atoms with E-state index in [-0.39, 0.29) is 18.4 Å². The zero-order valence-electron chi connectivity index (χ0n) is 17.6. The molecule has 1 saturated heterocycles. The van der Waals surface area contributed by atoms with Gasteiger partial charge in [-0.05, 0) is 67.1 Å². The van der Waals surface area contributed by atoms with E-state index in [1.165, 1.54) is 16.7 Å². The van der Waals surface area contributed by atoms with E-state index in [9.17, 15) is 9.59 Å². The number of hydrogen-bond acceptors (Lipinski definition) is 5. The van der Waals surface area contributed by atoms with Crippen LogP contribution in [0.5, 0.6) is 5.75 Å². The van der Waals surface area contributed by atoms with Crippen molar-refractivity contribution in [3.63, 3.8) is 0 Å². The van der Waals surface area contributed by atoms with Crippen LogP contribution in [0.15, 0.2) is 82.2 Å². The van der Waals surface area contributed by atoms with Gasteiger partial charge in [0.05, 0.1) is 10.6 Å². The summed E-state index contributed by atoms with van der Waals surface area (Å²) in [6, 6.07) is 22.2. The summed E-state index contributed by atoms with van der Waals surface area (Å²) in [5, 5.41) is 2.78. The summed E-state index contributed by atoms with van der Waals surface area (Å²) in [7, 11) is 0.